The fourth-order valence-electron chi connectivity index (χ4n) is 2.01. The summed E-state index contributed by atoms with van der Waals surface area (Å²) >= 11 is 5.98. The van der Waals surface area contributed by atoms with Gasteiger partial charge in [0, 0.05) is 10.7 Å². The first-order valence-electron chi connectivity index (χ1n) is 7.18. The summed E-state index contributed by atoms with van der Waals surface area (Å²) in [6.45, 7) is 7.67. The molecule has 0 aromatic heterocycles. The number of aryl methyl sites for hydroxylation is 3. The maximum Gasteiger partial charge on any atom is 0.265 e. The van der Waals surface area contributed by atoms with E-state index in [1.807, 2.05) is 45.0 Å². The summed E-state index contributed by atoms with van der Waals surface area (Å²) in [5.41, 5.74) is 4.02. The highest BCUT2D eigenvalue weighted by Gasteiger charge is 2.15. The first-order chi connectivity index (χ1) is 10.4. The summed E-state index contributed by atoms with van der Waals surface area (Å²) in [6, 6.07) is 11.2. The van der Waals surface area contributed by atoms with E-state index in [9.17, 15) is 4.79 Å². The second-order valence-corrected chi connectivity index (χ2v) is 5.87. The van der Waals surface area contributed by atoms with Crippen LogP contribution in [0, 0.1) is 20.8 Å². The molecule has 2 aromatic carbocycles. The normalized spacial score (nSPS) is 11.9. The molecule has 116 valence electrons. The highest BCUT2D eigenvalue weighted by atomic mass is 35.5. The predicted octanol–water partition coefficient (Wildman–Crippen LogP) is 4.67. The van der Waals surface area contributed by atoms with Crippen molar-refractivity contribution >= 4 is 23.2 Å². The van der Waals surface area contributed by atoms with Gasteiger partial charge in [0.05, 0.1) is 0 Å². The van der Waals surface area contributed by atoms with Crippen molar-refractivity contribution in [3.8, 4) is 5.75 Å². The molecule has 0 aliphatic carbocycles. The number of rotatable bonds is 4. The van der Waals surface area contributed by atoms with Crippen molar-refractivity contribution in [2.75, 3.05) is 5.32 Å². The van der Waals surface area contributed by atoms with Crippen molar-refractivity contribution < 1.29 is 9.53 Å². The summed E-state index contributed by atoms with van der Waals surface area (Å²) in [4.78, 5) is 12.2. The third-order valence-electron chi connectivity index (χ3n) is 3.59. The molecule has 0 aliphatic rings. The maximum atomic E-state index is 12.2. The zero-order chi connectivity index (χ0) is 16.3. The molecular formula is C18H20ClNO2. The summed E-state index contributed by atoms with van der Waals surface area (Å²) in [7, 11) is 0. The van der Waals surface area contributed by atoms with Crippen molar-refractivity contribution in [1.82, 2.24) is 0 Å². The summed E-state index contributed by atoms with van der Waals surface area (Å²) in [5.74, 6) is 0.445. The quantitative estimate of drug-likeness (QED) is 0.889. The third kappa shape index (κ3) is 4.01. The molecule has 0 saturated heterocycles. The van der Waals surface area contributed by atoms with Crippen LogP contribution in [0.1, 0.15) is 23.6 Å². The van der Waals surface area contributed by atoms with Gasteiger partial charge in [-0.15, -0.1) is 0 Å². The first-order valence-corrected chi connectivity index (χ1v) is 7.55. The minimum atomic E-state index is -0.595. The van der Waals surface area contributed by atoms with Crippen LogP contribution in [0.4, 0.5) is 5.69 Å². The van der Waals surface area contributed by atoms with Gasteiger partial charge in [0.15, 0.2) is 6.10 Å². The number of carbonyl (C=O) groups is 1. The number of benzene rings is 2. The Hall–Kier alpha value is -2.00. The van der Waals surface area contributed by atoms with Gasteiger partial charge in [0.2, 0.25) is 0 Å². The molecule has 0 spiro atoms. The minimum absolute atomic E-state index is 0.184. The molecule has 0 bridgehead atoms. The lowest BCUT2D eigenvalue weighted by Crippen LogP contribution is -2.30. The monoisotopic (exact) mass is 317 g/mol. The molecule has 2 rings (SSSR count). The number of carbonyl (C=O) groups excluding carboxylic acids is 1. The van der Waals surface area contributed by atoms with Crippen LogP contribution in [0.2, 0.25) is 5.02 Å². The summed E-state index contributed by atoms with van der Waals surface area (Å²) in [5, 5.41) is 3.55. The van der Waals surface area contributed by atoms with Crippen LogP contribution >= 0.6 is 11.6 Å². The Balaban J connectivity index is 2.02. The van der Waals surface area contributed by atoms with E-state index in [1.54, 1.807) is 19.1 Å². The molecule has 1 N–H and O–H groups in total. The molecule has 0 aliphatic heterocycles. The van der Waals surface area contributed by atoms with Crippen LogP contribution in [-0.4, -0.2) is 12.0 Å². The summed E-state index contributed by atoms with van der Waals surface area (Å²) in [6.07, 6.45) is -0.595. The topological polar surface area (TPSA) is 38.3 Å². The van der Waals surface area contributed by atoms with Crippen molar-refractivity contribution in [2.45, 2.75) is 33.8 Å². The Labute approximate surface area is 136 Å². The molecule has 0 saturated carbocycles. The first kappa shape index (κ1) is 16.4. The van der Waals surface area contributed by atoms with Crippen LogP contribution < -0.4 is 10.1 Å². The van der Waals surface area contributed by atoms with E-state index in [-0.39, 0.29) is 5.91 Å². The second-order valence-electron chi connectivity index (χ2n) is 5.46. The van der Waals surface area contributed by atoms with E-state index >= 15 is 0 Å². The van der Waals surface area contributed by atoms with Crippen molar-refractivity contribution in [1.29, 1.82) is 0 Å². The summed E-state index contributed by atoms with van der Waals surface area (Å²) < 4.78 is 5.67. The SMILES string of the molecule is Cc1ccc(NC(=O)C(C)Oc2ccc(Cl)c(C)c2)cc1C. The van der Waals surface area contributed by atoms with Crippen LogP contribution in [0.15, 0.2) is 36.4 Å². The largest absolute Gasteiger partial charge is 0.481 e. The Kier molecular flexibility index (Phi) is 5.09. The third-order valence-corrected chi connectivity index (χ3v) is 4.01. The van der Waals surface area contributed by atoms with Crippen LogP contribution in [0.3, 0.4) is 0 Å². The second kappa shape index (κ2) is 6.84. The molecule has 22 heavy (non-hydrogen) atoms. The number of ether oxygens (including phenoxy) is 1. The molecule has 2 aromatic rings. The zero-order valence-corrected chi connectivity index (χ0v) is 14.0. The predicted molar refractivity (Wildman–Crippen MR) is 90.8 cm³/mol. The Morgan fingerprint density at radius 2 is 1.77 bits per heavy atom. The van der Waals surface area contributed by atoms with Crippen molar-refractivity contribution in [3.63, 3.8) is 0 Å². The van der Waals surface area contributed by atoms with Gasteiger partial charge < -0.3 is 10.1 Å². The van der Waals surface area contributed by atoms with Gasteiger partial charge in [-0.3, -0.25) is 4.79 Å². The molecule has 0 heterocycles. The van der Waals surface area contributed by atoms with Gasteiger partial charge in [0.1, 0.15) is 5.75 Å². The molecule has 1 unspecified atom stereocenters. The number of anilines is 1. The molecule has 0 fully saturated rings. The van der Waals surface area contributed by atoms with E-state index in [2.05, 4.69) is 5.32 Å². The number of hydrogen-bond donors (Lipinski definition) is 1. The molecule has 3 nitrogen and oxygen atoms in total. The highest BCUT2D eigenvalue weighted by Crippen LogP contribution is 2.22. The van der Waals surface area contributed by atoms with E-state index in [0.717, 1.165) is 16.8 Å². The fourth-order valence-corrected chi connectivity index (χ4v) is 2.13. The van der Waals surface area contributed by atoms with Crippen molar-refractivity contribution in [2.24, 2.45) is 0 Å². The average molecular weight is 318 g/mol. The molecular weight excluding hydrogens is 298 g/mol. The Morgan fingerprint density at radius 1 is 1.05 bits per heavy atom. The lowest BCUT2D eigenvalue weighted by Gasteiger charge is -2.16. The minimum Gasteiger partial charge on any atom is -0.481 e. The molecule has 1 amide bonds. The standard InChI is InChI=1S/C18H20ClNO2/c1-11-5-6-15(9-12(11)2)20-18(21)14(4)22-16-7-8-17(19)13(3)10-16/h5-10,14H,1-4H3,(H,20,21). The van der Waals surface area contributed by atoms with E-state index in [0.29, 0.717) is 10.8 Å². The van der Waals surface area contributed by atoms with Gasteiger partial charge >= 0.3 is 0 Å². The smallest absolute Gasteiger partial charge is 0.265 e. The Bertz CT molecular complexity index is 697. The highest BCUT2D eigenvalue weighted by molar-refractivity contribution is 6.31. The lowest BCUT2D eigenvalue weighted by atomic mass is 10.1. The van der Waals surface area contributed by atoms with E-state index in [1.165, 1.54) is 5.56 Å². The number of amides is 1. The van der Waals surface area contributed by atoms with Crippen LogP contribution in [-0.2, 0) is 4.79 Å². The zero-order valence-electron chi connectivity index (χ0n) is 13.2. The van der Waals surface area contributed by atoms with Gasteiger partial charge in [0.25, 0.3) is 5.91 Å². The Morgan fingerprint density at radius 3 is 2.41 bits per heavy atom. The van der Waals surface area contributed by atoms with Gasteiger partial charge in [-0.1, -0.05) is 17.7 Å². The molecule has 4 heteroatoms. The maximum absolute atomic E-state index is 12.2. The van der Waals surface area contributed by atoms with Crippen LogP contribution in [0.25, 0.3) is 0 Å². The van der Waals surface area contributed by atoms with Crippen molar-refractivity contribution in [3.05, 3.63) is 58.1 Å². The number of hydrogen-bond acceptors (Lipinski definition) is 2. The number of nitrogens with one attached hydrogen (secondary N) is 1. The van der Waals surface area contributed by atoms with E-state index < -0.39 is 6.10 Å². The number of halogens is 1. The van der Waals surface area contributed by atoms with Gasteiger partial charge in [-0.25, -0.2) is 0 Å². The lowest BCUT2D eigenvalue weighted by molar-refractivity contribution is -0.122. The fraction of sp³-hybridized carbons (Fsp3) is 0.278. The molecule has 1 atom stereocenters. The van der Waals surface area contributed by atoms with E-state index in [4.69, 9.17) is 16.3 Å². The molecule has 0 radical (unpaired) electrons. The average Bonchev–Trinajstić information content (AvgIpc) is 2.46. The van der Waals surface area contributed by atoms with Crippen LogP contribution in [0.5, 0.6) is 5.75 Å². The van der Waals surface area contributed by atoms with Gasteiger partial charge in [-0.05, 0) is 74.7 Å². The van der Waals surface area contributed by atoms with Gasteiger partial charge in [-0.2, -0.15) is 0 Å².